The molecule has 8 rings (SSSR count). The van der Waals surface area contributed by atoms with Crippen LogP contribution >= 0.6 is 0 Å². The molecule has 1 aliphatic carbocycles. The highest BCUT2D eigenvalue weighted by Gasteiger charge is 2.37. The number of anilines is 5. The number of ether oxygens (including phenoxy) is 2. The first-order chi connectivity index (χ1) is 21.5. The van der Waals surface area contributed by atoms with Crippen LogP contribution in [-0.2, 0) is 0 Å². The first kappa shape index (κ1) is 25.5. The molecular weight excluding hydrogens is 560 g/mol. The van der Waals surface area contributed by atoms with Crippen LogP contribution in [0, 0.1) is 20.2 Å². The van der Waals surface area contributed by atoms with Gasteiger partial charge in [-0.15, -0.1) is 0 Å². The zero-order valence-electron chi connectivity index (χ0n) is 22.9. The monoisotopic (exact) mass is 582 g/mol. The maximum absolute atomic E-state index is 12.7. The number of nitro benzene ring substituents is 2. The van der Waals surface area contributed by atoms with E-state index in [1.165, 1.54) is 12.1 Å². The second-order valence-electron chi connectivity index (χ2n) is 10.6. The second-order valence-corrected chi connectivity index (χ2v) is 10.6. The van der Waals surface area contributed by atoms with Crippen molar-refractivity contribution in [3.8, 4) is 17.2 Å². The summed E-state index contributed by atoms with van der Waals surface area (Å²) in [6.07, 6.45) is 7.33. The lowest BCUT2D eigenvalue weighted by atomic mass is 9.97. The van der Waals surface area contributed by atoms with E-state index < -0.39 is 9.85 Å². The van der Waals surface area contributed by atoms with Crippen LogP contribution < -0.4 is 19.3 Å². The fourth-order valence-electron chi connectivity index (χ4n) is 6.24. The number of nitrogens with zero attached hydrogens (tertiary/aromatic N) is 4. The summed E-state index contributed by atoms with van der Waals surface area (Å²) in [6.45, 7) is 0. The molecule has 214 valence electrons. The van der Waals surface area contributed by atoms with Gasteiger partial charge in [-0.05, 0) is 54.6 Å². The normalized spacial score (nSPS) is 17.5. The van der Waals surface area contributed by atoms with Crippen molar-refractivity contribution in [2.75, 3.05) is 9.80 Å². The summed E-state index contributed by atoms with van der Waals surface area (Å²) in [5, 5.41) is 25.7. The summed E-state index contributed by atoms with van der Waals surface area (Å²) >= 11 is 0. The van der Waals surface area contributed by atoms with Crippen LogP contribution in [0.15, 0.2) is 121 Å². The third-order valence-electron chi connectivity index (χ3n) is 8.10. The van der Waals surface area contributed by atoms with Gasteiger partial charge in [0.2, 0.25) is 0 Å². The quantitative estimate of drug-likeness (QED) is 0.150. The highest BCUT2D eigenvalue weighted by atomic mass is 16.6. The molecule has 2 unspecified atom stereocenters. The summed E-state index contributed by atoms with van der Waals surface area (Å²) in [7, 11) is 0. The van der Waals surface area contributed by atoms with Gasteiger partial charge in [0.05, 0.1) is 49.4 Å². The van der Waals surface area contributed by atoms with Crippen molar-refractivity contribution < 1.29 is 19.3 Å². The van der Waals surface area contributed by atoms with Gasteiger partial charge < -0.3 is 19.3 Å². The summed E-state index contributed by atoms with van der Waals surface area (Å²) < 4.78 is 12.3. The van der Waals surface area contributed by atoms with Crippen molar-refractivity contribution in [3.63, 3.8) is 0 Å². The van der Waals surface area contributed by atoms with Crippen molar-refractivity contribution >= 4 is 50.6 Å². The van der Waals surface area contributed by atoms with E-state index in [1.807, 2.05) is 107 Å². The summed E-state index contributed by atoms with van der Waals surface area (Å²) in [6, 6.07) is 28.1. The van der Waals surface area contributed by atoms with Gasteiger partial charge in [0, 0.05) is 17.8 Å². The SMILES string of the molecule is O=[N+]([O-])c1cc(N2c3ccccc3OC3C=CC=CC32)cc2c([N+](=O)[O-])cc(N3c4ccccc4Oc4ccccc43)cc12. The van der Waals surface area contributed by atoms with Crippen LogP contribution in [0.3, 0.4) is 0 Å². The Hall–Kier alpha value is -6.16. The zero-order valence-corrected chi connectivity index (χ0v) is 22.9. The molecule has 2 heterocycles. The van der Waals surface area contributed by atoms with E-state index in [9.17, 15) is 20.2 Å². The molecule has 0 bridgehead atoms. The fourth-order valence-corrected chi connectivity index (χ4v) is 6.24. The highest BCUT2D eigenvalue weighted by Crippen LogP contribution is 2.52. The Bertz CT molecular complexity index is 2040. The molecule has 10 nitrogen and oxygen atoms in total. The van der Waals surface area contributed by atoms with Crippen LogP contribution in [0.1, 0.15) is 0 Å². The number of rotatable bonds is 4. The van der Waals surface area contributed by atoms with E-state index in [1.54, 1.807) is 12.1 Å². The average molecular weight is 583 g/mol. The maximum Gasteiger partial charge on any atom is 0.279 e. The molecule has 0 N–H and O–H groups in total. The first-order valence-electron chi connectivity index (χ1n) is 13.9. The molecule has 44 heavy (non-hydrogen) atoms. The smallest absolute Gasteiger partial charge is 0.279 e. The van der Waals surface area contributed by atoms with Gasteiger partial charge in [-0.3, -0.25) is 20.2 Å². The first-order valence-corrected chi connectivity index (χ1v) is 13.9. The van der Waals surface area contributed by atoms with Gasteiger partial charge in [-0.25, -0.2) is 0 Å². The van der Waals surface area contributed by atoms with Crippen molar-refractivity contribution in [1.82, 2.24) is 0 Å². The molecule has 0 saturated carbocycles. The van der Waals surface area contributed by atoms with Gasteiger partial charge in [0.15, 0.2) is 11.5 Å². The Labute approximate surface area is 250 Å². The molecule has 2 aliphatic heterocycles. The molecular formula is C34H22N4O6. The largest absolute Gasteiger partial charge is 0.482 e. The van der Waals surface area contributed by atoms with E-state index in [-0.39, 0.29) is 34.3 Å². The minimum Gasteiger partial charge on any atom is -0.482 e. The molecule has 0 spiro atoms. The molecule has 0 aromatic heterocycles. The van der Waals surface area contributed by atoms with Crippen LogP contribution in [-0.4, -0.2) is 22.0 Å². The third kappa shape index (κ3) is 3.88. The zero-order chi connectivity index (χ0) is 29.9. The molecule has 10 heteroatoms. The minimum atomic E-state index is -0.489. The van der Waals surface area contributed by atoms with Gasteiger partial charge in [0.25, 0.3) is 11.4 Å². The van der Waals surface area contributed by atoms with Crippen molar-refractivity contribution in [2.24, 2.45) is 0 Å². The van der Waals surface area contributed by atoms with E-state index in [0.29, 0.717) is 45.7 Å². The minimum absolute atomic E-state index is 0.154. The number of hydrogen-bond acceptors (Lipinski definition) is 8. The molecule has 3 aliphatic rings. The third-order valence-corrected chi connectivity index (χ3v) is 8.10. The number of hydrogen-bond donors (Lipinski definition) is 0. The standard InChI is InChI=1S/C34H22N4O6/c39-37(40)29-19-21(35-25-9-1-5-13-31(25)43-32-14-6-2-10-26(32)35)17-23-24(29)18-22(20-30(23)38(41)42)36-27-11-3-7-15-33(27)44-34-16-8-4-12-28(34)36/h1-20,25,31H. The van der Waals surface area contributed by atoms with Crippen LogP contribution in [0.25, 0.3) is 10.8 Å². The fraction of sp³-hybridized carbons (Fsp3) is 0.0588. The Kier molecular flexibility index (Phi) is 5.63. The van der Waals surface area contributed by atoms with E-state index >= 15 is 0 Å². The number of benzene rings is 5. The summed E-state index contributed by atoms with van der Waals surface area (Å²) in [4.78, 5) is 28.2. The van der Waals surface area contributed by atoms with Crippen molar-refractivity contribution in [1.29, 1.82) is 0 Å². The summed E-state index contributed by atoms with van der Waals surface area (Å²) in [5.74, 6) is 1.74. The molecule has 0 radical (unpaired) electrons. The Balaban J connectivity index is 1.38. The number of nitro groups is 2. The number of fused-ring (bicyclic) bond motifs is 5. The van der Waals surface area contributed by atoms with Crippen molar-refractivity contribution in [3.05, 3.63) is 142 Å². The Morgan fingerprint density at radius 1 is 0.614 bits per heavy atom. The molecule has 2 atom stereocenters. The number of allylic oxidation sites excluding steroid dienone is 2. The Morgan fingerprint density at radius 3 is 1.77 bits per heavy atom. The molecule has 0 saturated heterocycles. The second kappa shape index (κ2) is 9.70. The average Bonchev–Trinajstić information content (AvgIpc) is 3.04. The molecule has 0 amide bonds. The van der Waals surface area contributed by atoms with E-state index in [0.717, 1.165) is 0 Å². The van der Waals surface area contributed by atoms with Gasteiger partial charge in [-0.2, -0.15) is 0 Å². The number of para-hydroxylation sites is 6. The van der Waals surface area contributed by atoms with Crippen LogP contribution in [0.4, 0.5) is 39.8 Å². The molecule has 5 aromatic rings. The van der Waals surface area contributed by atoms with Crippen LogP contribution in [0.2, 0.25) is 0 Å². The van der Waals surface area contributed by atoms with Crippen molar-refractivity contribution in [2.45, 2.75) is 12.1 Å². The lowest BCUT2D eigenvalue weighted by molar-refractivity contribution is -0.384. The Morgan fingerprint density at radius 2 is 1.14 bits per heavy atom. The lowest BCUT2D eigenvalue weighted by Crippen LogP contribution is -2.46. The van der Waals surface area contributed by atoms with Gasteiger partial charge >= 0.3 is 0 Å². The summed E-state index contributed by atoms with van der Waals surface area (Å²) in [5.41, 5.74) is 2.39. The van der Waals surface area contributed by atoms with Gasteiger partial charge in [-0.1, -0.05) is 54.6 Å². The predicted octanol–water partition coefficient (Wildman–Crippen LogP) is 8.63. The maximum atomic E-state index is 12.7. The van der Waals surface area contributed by atoms with Crippen LogP contribution in [0.5, 0.6) is 17.2 Å². The highest BCUT2D eigenvalue weighted by molar-refractivity contribution is 6.04. The van der Waals surface area contributed by atoms with E-state index in [2.05, 4.69) is 0 Å². The number of non-ortho nitro benzene ring substituents is 2. The molecule has 5 aromatic carbocycles. The van der Waals surface area contributed by atoms with Gasteiger partial charge in [0.1, 0.15) is 11.9 Å². The lowest BCUT2D eigenvalue weighted by Gasteiger charge is -2.42. The predicted molar refractivity (Wildman–Crippen MR) is 167 cm³/mol. The molecule has 0 fully saturated rings. The van der Waals surface area contributed by atoms with E-state index in [4.69, 9.17) is 9.47 Å². The topological polar surface area (TPSA) is 111 Å².